The predicted molar refractivity (Wildman–Crippen MR) is 138 cm³/mol. The summed E-state index contributed by atoms with van der Waals surface area (Å²) in [5.41, 5.74) is 12.2. The molecule has 10 N–H and O–H groups in total. The first-order chi connectivity index (χ1) is 17.9. The van der Waals surface area contributed by atoms with Crippen LogP contribution >= 0.6 is 0 Å². The number of nitrogens with two attached hydrogens (primary N) is 2. The highest BCUT2D eigenvalue weighted by atomic mass is 16.4. The smallest absolute Gasteiger partial charge is 0.326 e. The van der Waals surface area contributed by atoms with E-state index in [-0.39, 0.29) is 31.6 Å². The molecule has 1 aromatic carbocycles. The van der Waals surface area contributed by atoms with Crippen LogP contribution in [-0.4, -0.2) is 75.6 Å². The average molecular weight is 533 g/mol. The van der Waals surface area contributed by atoms with E-state index < -0.39 is 60.4 Å². The van der Waals surface area contributed by atoms with Gasteiger partial charge in [-0.3, -0.25) is 19.2 Å². The first kappa shape index (κ1) is 30.3. The molecule has 13 heteroatoms. The number of nitrogens with one attached hydrogen (secondary N) is 4. The topological polar surface area (TPSA) is 230 Å². The lowest BCUT2D eigenvalue weighted by molar-refractivity contribution is -0.142. The number of para-hydroxylation sites is 1. The summed E-state index contributed by atoms with van der Waals surface area (Å²) in [6.07, 6.45) is 1.45. The van der Waals surface area contributed by atoms with Crippen molar-refractivity contribution in [3.8, 4) is 0 Å². The normalized spacial score (nSPS) is 14.3. The van der Waals surface area contributed by atoms with Gasteiger partial charge in [-0.2, -0.15) is 0 Å². The molecule has 0 saturated carbocycles. The fourth-order valence-electron chi connectivity index (χ4n) is 3.89. The van der Waals surface area contributed by atoms with Crippen LogP contribution in [0.3, 0.4) is 0 Å². The molecule has 2 aromatic rings. The Bertz CT molecular complexity index is 1150. The minimum atomic E-state index is -1.30. The van der Waals surface area contributed by atoms with Crippen LogP contribution in [0.25, 0.3) is 10.9 Å². The van der Waals surface area contributed by atoms with Gasteiger partial charge in [0.05, 0.1) is 6.61 Å². The lowest BCUT2D eigenvalue weighted by Gasteiger charge is -2.26. The van der Waals surface area contributed by atoms with Crippen LogP contribution < -0.4 is 27.4 Å². The molecule has 0 aliphatic heterocycles. The molecule has 0 saturated heterocycles. The van der Waals surface area contributed by atoms with Crippen molar-refractivity contribution >= 4 is 40.5 Å². The van der Waals surface area contributed by atoms with Crippen molar-refractivity contribution in [2.45, 2.75) is 63.7 Å². The molecule has 0 fully saturated rings. The molecular formula is C25H36N6O7. The van der Waals surface area contributed by atoms with Crippen LogP contribution in [-0.2, 0) is 30.4 Å². The number of aliphatic carboxylic acids is 1. The first-order valence-electron chi connectivity index (χ1n) is 12.3. The summed E-state index contributed by atoms with van der Waals surface area (Å²) in [5.74, 6) is -4.35. The lowest BCUT2D eigenvalue weighted by atomic mass is 10.0. The van der Waals surface area contributed by atoms with E-state index in [4.69, 9.17) is 16.6 Å². The van der Waals surface area contributed by atoms with E-state index in [1.54, 1.807) is 6.20 Å². The quantitative estimate of drug-likeness (QED) is 0.140. The van der Waals surface area contributed by atoms with Crippen LogP contribution in [0, 0.1) is 5.92 Å². The number of aromatic amines is 1. The van der Waals surface area contributed by atoms with Crippen molar-refractivity contribution < 1.29 is 34.2 Å². The molecule has 38 heavy (non-hydrogen) atoms. The number of hydrogen-bond acceptors (Lipinski definition) is 7. The van der Waals surface area contributed by atoms with Crippen LogP contribution in [0.1, 0.15) is 38.7 Å². The average Bonchev–Trinajstić information content (AvgIpc) is 3.27. The summed E-state index contributed by atoms with van der Waals surface area (Å²) in [6.45, 7) is 2.97. The van der Waals surface area contributed by atoms with Crippen molar-refractivity contribution in [3.63, 3.8) is 0 Å². The summed E-state index contributed by atoms with van der Waals surface area (Å²) >= 11 is 0. The van der Waals surface area contributed by atoms with E-state index in [1.165, 1.54) is 0 Å². The fourth-order valence-corrected chi connectivity index (χ4v) is 3.89. The Morgan fingerprint density at radius 2 is 1.55 bits per heavy atom. The Balaban J connectivity index is 2.19. The highest BCUT2D eigenvalue weighted by Gasteiger charge is 2.31. The first-order valence-corrected chi connectivity index (χ1v) is 12.3. The highest BCUT2D eigenvalue weighted by Crippen LogP contribution is 2.19. The van der Waals surface area contributed by atoms with Gasteiger partial charge in [0.15, 0.2) is 0 Å². The van der Waals surface area contributed by atoms with E-state index in [2.05, 4.69) is 20.9 Å². The number of carboxylic acid groups (broad SMARTS) is 1. The maximum Gasteiger partial charge on any atom is 0.326 e. The molecule has 0 aliphatic carbocycles. The minimum Gasteiger partial charge on any atom is -0.480 e. The molecule has 1 aromatic heterocycles. The number of primary amides is 1. The largest absolute Gasteiger partial charge is 0.480 e. The molecule has 4 atom stereocenters. The number of aliphatic hydroxyl groups is 1. The number of amides is 4. The summed E-state index contributed by atoms with van der Waals surface area (Å²) in [7, 11) is 0. The number of aliphatic hydroxyl groups excluding tert-OH is 1. The van der Waals surface area contributed by atoms with Gasteiger partial charge in [0, 0.05) is 29.9 Å². The van der Waals surface area contributed by atoms with Crippen LogP contribution in [0.5, 0.6) is 0 Å². The molecule has 0 radical (unpaired) electrons. The number of carbonyl (C=O) groups is 5. The molecule has 4 unspecified atom stereocenters. The number of benzene rings is 1. The highest BCUT2D eigenvalue weighted by molar-refractivity contribution is 5.94. The van der Waals surface area contributed by atoms with E-state index in [0.717, 1.165) is 10.9 Å². The van der Waals surface area contributed by atoms with E-state index in [9.17, 15) is 29.1 Å². The summed E-state index contributed by atoms with van der Waals surface area (Å²) in [5, 5.41) is 27.1. The minimum absolute atomic E-state index is 0.00374. The van der Waals surface area contributed by atoms with Crippen LogP contribution in [0.2, 0.25) is 0 Å². The van der Waals surface area contributed by atoms with Gasteiger partial charge in [-0.1, -0.05) is 32.0 Å². The monoisotopic (exact) mass is 532 g/mol. The third-order valence-electron chi connectivity index (χ3n) is 5.90. The second-order valence-corrected chi connectivity index (χ2v) is 9.51. The van der Waals surface area contributed by atoms with Gasteiger partial charge in [-0.15, -0.1) is 0 Å². The zero-order valence-corrected chi connectivity index (χ0v) is 21.4. The van der Waals surface area contributed by atoms with Crippen LogP contribution in [0.4, 0.5) is 0 Å². The molecular weight excluding hydrogens is 496 g/mol. The number of H-pyrrole nitrogens is 1. The predicted octanol–water partition coefficient (Wildman–Crippen LogP) is -1.12. The summed E-state index contributed by atoms with van der Waals surface area (Å²) in [6, 6.07) is 2.38. The molecule has 4 amide bonds. The van der Waals surface area contributed by atoms with E-state index in [1.807, 2.05) is 38.1 Å². The molecule has 0 spiro atoms. The molecule has 1 heterocycles. The van der Waals surface area contributed by atoms with Gasteiger partial charge >= 0.3 is 5.97 Å². The number of carboxylic acids is 1. The molecule has 0 bridgehead atoms. The van der Waals surface area contributed by atoms with Crippen molar-refractivity contribution in [3.05, 3.63) is 36.0 Å². The second kappa shape index (κ2) is 14.1. The number of carbonyl (C=O) groups excluding carboxylic acids is 4. The Hall–Kier alpha value is -3.97. The van der Waals surface area contributed by atoms with Gasteiger partial charge in [0.2, 0.25) is 23.6 Å². The van der Waals surface area contributed by atoms with Crippen molar-refractivity contribution in [2.24, 2.45) is 17.4 Å². The Morgan fingerprint density at radius 3 is 2.16 bits per heavy atom. The van der Waals surface area contributed by atoms with E-state index in [0.29, 0.717) is 5.56 Å². The Morgan fingerprint density at radius 1 is 0.947 bits per heavy atom. The Labute approximate surface area is 219 Å². The molecule has 0 aliphatic rings. The molecule has 2 rings (SSSR count). The lowest BCUT2D eigenvalue weighted by Crippen LogP contribution is -2.57. The zero-order valence-electron chi connectivity index (χ0n) is 21.4. The number of hydrogen-bond donors (Lipinski definition) is 8. The maximum absolute atomic E-state index is 13.2. The SMILES string of the molecule is CC(C)CC(NC(=O)C(CCC(N)=O)NC(=O)C(N)CO)C(=O)NC(Cc1c[nH]c2ccccc12)C(=O)O. The Kier molecular flexibility index (Phi) is 11.2. The summed E-state index contributed by atoms with van der Waals surface area (Å²) in [4.78, 5) is 64.7. The van der Waals surface area contributed by atoms with Gasteiger partial charge in [0.25, 0.3) is 0 Å². The van der Waals surface area contributed by atoms with Gasteiger partial charge in [0.1, 0.15) is 24.2 Å². The maximum atomic E-state index is 13.2. The second-order valence-electron chi connectivity index (χ2n) is 9.51. The zero-order chi connectivity index (χ0) is 28.4. The van der Waals surface area contributed by atoms with Gasteiger partial charge in [-0.05, 0) is 30.4 Å². The fraction of sp³-hybridized carbons (Fsp3) is 0.480. The van der Waals surface area contributed by atoms with E-state index >= 15 is 0 Å². The molecule has 13 nitrogen and oxygen atoms in total. The molecule has 208 valence electrons. The number of fused-ring (bicyclic) bond motifs is 1. The van der Waals surface area contributed by atoms with Crippen molar-refractivity contribution in [2.75, 3.05) is 6.61 Å². The van der Waals surface area contributed by atoms with Gasteiger partial charge in [-0.25, -0.2) is 4.79 Å². The number of aromatic nitrogens is 1. The van der Waals surface area contributed by atoms with Crippen molar-refractivity contribution in [1.29, 1.82) is 0 Å². The standard InChI is InChI=1S/C25H36N6O7/c1-13(2)9-19(30-23(35)18(7-8-21(27)33)29-22(34)16(26)12-32)24(36)31-20(25(37)38)10-14-11-28-17-6-4-3-5-15(14)17/h3-6,11,13,16,18-20,28,32H,7-10,12,26H2,1-2H3,(H2,27,33)(H,29,34)(H,30,35)(H,31,36)(H,37,38). The van der Waals surface area contributed by atoms with Gasteiger partial charge < -0.3 is 42.6 Å². The van der Waals surface area contributed by atoms with Crippen molar-refractivity contribution in [1.82, 2.24) is 20.9 Å². The van der Waals surface area contributed by atoms with Crippen LogP contribution in [0.15, 0.2) is 30.5 Å². The summed E-state index contributed by atoms with van der Waals surface area (Å²) < 4.78 is 0. The number of rotatable bonds is 15. The third kappa shape index (κ3) is 8.85. The third-order valence-corrected chi connectivity index (χ3v) is 5.90.